The molecule has 0 spiro atoms. The van der Waals surface area contributed by atoms with Gasteiger partial charge in [-0.05, 0) is 77.8 Å². The minimum absolute atomic E-state index is 0.795. The Hall–Kier alpha value is -0.0800. The maximum absolute atomic E-state index is 2.76. The molecule has 238 valence electrons. The first-order valence-corrected chi connectivity index (χ1v) is 18.5. The molecular formula is C37H81N2+. The zero-order valence-corrected chi connectivity index (χ0v) is 29.3. The van der Waals surface area contributed by atoms with Crippen molar-refractivity contribution in [2.75, 3.05) is 39.8 Å². The van der Waals surface area contributed by atoms with Gasteiger partial charge in [0.1, 0.15) is 0 Å². The minimum Gasteiger partial charge on any atom is -0.326 e. The van der Waals surface area contributed by atoms with Gasteiger partial charge in [-0.2, -0.15) is 0 Å². The van der Waals surface area contributed by atoms with Gasteiger partial charge in [0.2, 0.25) is 0 Å². The Bertz CT molecular complexity index is 392. The zero-order valence-electron chi connectivity index (χ0n) is 29.3. The van der Waals surface area contributed by atoms with Gasteiger partial charge in [-0.3, -0.25) is 0 Å². The highest BCUT2D eigenvalue weighted by atomic mass is 15.3. The zero-order chi connectivity index (χ0) is 29.5. The summed E-state index contributed by atoms with van der Waals surface area (Å²) in [5.74, 6) is 0. The lowest BCUT2D eigenvalue weighted by Crippen LogP contribution is -2.46. The van der Waals surface area contributed by atoms with E-state index in [4.69, 9.17) is 0 Å². The molecule has 0 N–H and O–H groups in total. The van der Waals surface area contributed by atoms with Crippen molar-refractivity contribution < 1.29 is 4.48 Å². The van der Waals surface area contributed by atoms with Crippen LogP contribution in [0.5, 0.6) is 0 Å². The van der Waals surface area contributed by atoms with E-state index in [0.717, 1.165) is 6.04 Å². The molecule has 0 saturated carbocycles. The molecule has 0 rings (SSSR count). The lowest BCUT2D eigenvalue weighted by atomic mass is 10.1. The van der Waals surface area contributed by atoms with Crippen LogP contribution in [-0.4, -0.2) is 55.2 Å². The van der Waals surface area contributed by atoms with Crippen molar-refractivity contribution in [3.8, 4) is 0 Å². The fraction of sp³-hybridized carbons (Fsp3) is 1.00. The molecule has 0 aromatic heterocycles. The topological polar surface area (TPSA) is 3.24 Å². The van der Waals surface area contributed by atoms with Crippen LogP contribution in [0.4, 0.5) is 0 Å². The second-order valence-electron chi connectivity index (χ2n) is 13.1. The molecule has 0 amide bonds. The first-order chi connectivity index (χ1) is 18.9. The fourth-order valence-electron chi connectivity index (χ4n) is 5.81. The number of hydrogen-bond acceptors (Lipinski definition) is 1. The second-order valence-corrected chi connectivity index (χ2v) is 13.1. The molecule has 1 unspecified atom stereocenters. The normalized spacial score (nSPS) is 12.5. The fourth-order valence-corrected chi connectivity index (χ4v) is 5.81. The molecule has 0 bridgehead atoms. The standard InChI is InChI=1S/C19H42N.C18H39N/c1-5-8-11-14-17-20(4,18-15-12-9-6-2)19-16-13-10-7-3;1-5-8-11-13-16-19(17-14-12-9-6-2)18(4)15-10-7-3/h5-19H2,1-4H3;18H,5-17H2,1-4H3/q+1;. The summed E-state index contributed by atoms with van der Waals surface area (Å²) in [6.45, 7) is 23.2. The summed E-state index contributed by atoms with van der Waals surface area (Å²) in [5.41, 5.74) is 0. The van der Waals surface area contributed by atoms with Crippen LogP contribution >= 0.6 is 0 Å². The van der Waals surface area contributed by atoms with Crippen LogP contribution < -0.4 is 0 Å². The van der Waals surface area contributed by atoms with E-state index >= 15 is 0 Å². The van der Waals surface area contributed by atoms with Gasteiger partial charge in [0.05, 0.1) is 26.7 Å². The van der Waals surface area contributed by atoms with Crippen molar-refractivity contribution in [1.29, 1.82) is 0 Å². The molecule has 0 aliphatic carbocycles. The van der Waals surface area contributed by atoms with Gasteiger partial charge in [0.15, 0.2) is 0 Å². The molecule has 0 radical (unpaired) electrons. The lowest BCUT2D eigenvalue weighted by molar-refractivity contribution is -0.910. The second kappa shape index (κ2) is 32.4. The van der Waals surface area contributed by atoms with Gasteiger partial charge in [0, 0.05) is 6.04 Å². The Morgan fingerprint density at radius 2 is 0.718 bits per heavy atom. The van der Waals surface area contributed by atoms with Crippen molar-refractivity contribution >= 4 is 0 Å². The van der Waals surface area contributed by atoms with Gasteiger partial charge >= 0.3 is 0 Å². The summed E-state index contributed by atoms with van der Waals surface area (Å²) in [6, 6.07) is 0.795. The monoisotopic (exact) mass is 554 g/mol. The van der Waals surface area contributed by atoms with Crippen LogP contribution in [0.3, 0.4) is 0 Å². The first-order valence-electron chi connectivity index (χ1n) is 18.5. The van der Waals surface area contributed by atoms with Gasteiger partial charge in [-0.25, -0.2) is 0 Å². The Morgan fingerprint density at radius 3 is 1.03 bits per heavy atom. The largest absolute Gasteiger partial charge is 0.326 e. The summed E-state index contributed by atoms with van der Waals surface area (Å²) in [5, 5.41) is 0. The highest BCUT2D eigenvalue weighted by Gasteiger charge is 2.20. The smallest absolute Gasteiger partial charge is 0.0784 e. The molecule has 0 fully saturated rings. The van der Waals surface area contributed by atoms with E-state index in [0.29, 0.717) is 0 Å². The summed E-state index contributed by atoms with van der Waals surface area (Å²) in [4.78, 5) is 2.76. The third-order valence-corrected chi connectivity index (χ3v) is 8.85. The van der Waals surface area contributed by atoms with Crippen LogP contribution in [0, 0.1) is 0 Å². The summed E-state index contributed by atoms with van der Waals surface area (Å²) in [7, 11) is 2.52. The highest BCUT2D eigenvalue weighted by molar-refractivity contribution is 4.68. The van der Waals surface area contributed by atoms with Crippen molar-refractivity contribution in [3.05, 3.63) is 0 Å². The Balaban J connectivity index is 0. The molecule has 0 aliphatic rings. The summed E-state index contributed by atoms with van der Waals surface area (Å²) < 4.78 is 1.34. The van der Waals surface area contributed by atoms with Gasteiger partial charge in [-0.15, -0.1) is 0 Å². The first kappa shape index (κ1) is 41.1. The van der Waals surface area contributed by atoms with Crippen LogP contribution in [0.15, 0.2) is 0 Å². The van der Waals surface area contributed by atoms with Crippen LogP contribution in [-0.2, 0) is 0 Å². The van der Waals surface area contributed by atoms with E-state index in [1.54, 1.807) is 0 Å². The number of hydrogen-bond donors (Lipinski definition) is 0. The maximum Gasteiger partial charge on any atom is 0.0784 e. The minimum atomic E-state index is 0.795. The summed E-state index contributed by atoms with van der Waals surface area (Å²) >= 11 is 0. The third kappa shape index (κ3) is 29.2. The average Bonchev–Trinajstić information content (AvgIpc) is 2.94. The van der Waals surface area contributed by atoms with Crippen molar-refractivity contribution in [3.63, 3.8) is 0 Å². The predicted octanol–water partition coefficient (Wildman–Crippen LogP) is 12.2. The molecule has 0 saturated heterocycles. The quantitative estimate of drug-likeness (QED) is 0.0657. The van der Waals surface area contributed by atoms with Crippen LogP contribution in [0.1, 0.15) is 196 Å². The molecule has 39 heavy (non-hydrogen) atoms. The SMILES string of the molecule is CCCCCCN(CCCCCC)C(C)CCCC.CCCCCC[N+](C)(CCCCCC)CCCCCC. The molecule has 2 heteroatoms. The van der Waals surface area contributed by atoms with E-state index in [-0.39, 0.29) is 0 Å². The third-order valence-electron chi connectivity index (χ3n) is 8.85. The number of rotatable bonds is 29. The predicted molar refractivity (Wildman–Crippen MR) is 182 cm³/mol. The number of nitrogens with zero attached hydrogens (tertiary/aromatic N) is 2. The average molecular weight is 554 g/mol. The van der Waals surface area contributed by atoms with E-state index in [1.807, 2.05) is 0 Å². The van der Waals surface area contributed by atoms with Crippen LogP contribution in [0.2, 0.25) is 0 Å². The van der Waals surface area contributed by atoms with Crippen molar-refractivity contribution in [1.82, 2.24) is 4.90 Å². The van der Waals surface area contributed by atoms with E-state index < -0.39 is 0 Å². The molecule has 2 nitrogen and oxygen atoms in total. The van der Waals surface area contributed by atoms with Gasteiger partial charge in [0.25, 0.3) is 0 Å². The van der Waals surface area contributed by atoms with E-state index in [2.05, 4.69) is 60.4 Å². The number of unbranched alkanes of at least 4 members (excludes halogenated alkanes) is 16. The maximum atomic E-state index is 2.76. The van der Waals surface area contributed by atoms with Gasteiger partial charge < -0.3 is 9.38 Å². The Labute approximate surface area is 251 Å². The molecule has 0 aromatic carbocycles. The Kier molecular flexibility index (Phi) is 34.1. The van der Waals surface area contributed by atoms with Gasteiger partial charge in [-0.1, -0.05) is 131 Å². The molecule has 0 aliphatic heterocycles. The van der Waals surface area contributed by atoms with E-state index in [1.165, 1.54) is 185 Å². The van der Waals surface area contributed by atoms with E-state index in [9.17, 15) is 0 Å². The molecule has 0 heterocycles. The molecular weight excluding hydrogens is 472 g/mol. The van der Waals surface area contributed by atoms with Crippen molar-refractivity contribution in [2.24, 2.45) is 0 Å². The highest BCUT2D eigenvalue weighted by Crippen LogP contribution is 2.15. The summed E-state index contributed by atoms with van der Waals surface area (Å²) in [6.07, 6.45) is 32.2. The van der Waals surface area contributed by atoms with Crippen molar-refractivity contribution in [2.45, 2.75) is 202 Å². The Morgan fingerprint density at radius 1 is 0.410 bits per heavy atom. The van der Waals surface area contributed by atoms with Crippen LogP contribution in [0.25, 0.3) is 0 Å². The molecule has 0 aromatic rings. The molecule has 1 atom stereocenters. The number of quaternary nitrogens is 1. The lowest BCUT2D eigenvalue weighted by Gasteiger charge is -2.35.